The lowest BCUT2D eigenvalue weighted by Gasteiger charge is -2.30. The minimum Gasteiger partial charge on any atom is -0.343 e. The fraction of sp³-hybridized carbons (Fsp3) is 0.417. The van der Waals surface area contributed by atoms with Gasteiger partial charge in [0.25, 0.3) is 0 Å². The van der Waals surface area contributed by atoms with Gasteiger partial charge < -0.3 is 10.2 Å². The summed E-state index contributed by atoms with van der Waals surface area (Å²) in [6.45, 7) is 1.68. The molecule has 1 N–H and O–H groups in total. The fourth-order valence-electron chi connectivity index (χ4n) is 1.93. The number of halogens is 1. The first-order valence-electron chi connectivity index (χ1n) is 5.39. The smallest absolute Gasteiger partial charge is 0.239 e. The summed E-state index contributed by atoms with van der Waals surface area (Å²) in [4.78, 5) is 13.7. The maximum atomic E-state index is 11.9. The van der Waals surface area contributed by atoms with E-state index in [2.05, 4.69) is 27.3 Å². The van der Waals surface area contributed by atoms with E-state index in [1.54, 1.807) is 4.90 Å². The molecule has 0 aliphatic carbocycles. The Hall–Kier alpha value is -0.870. The molecular weight excluding hydrogens is 268 g/mol. The number of carbonyl (C=O) groups is 1. The lowest BCUT2D eigenvalue weighted by molar-refractivity contribution is -0.134. The second-order valence-electron chi connectivity index (χ2n) is 4.10. The Morgan fingerprint density at radius 2 is 2.38 bits per heavy atom. The Kier molecular flexibility index (Phi) is 3.61. The predicted molar refractivity (Wildman–Crippen MR) is 67.3 cm³/mol. The largest absolute Gasteiger partial charge is 0.343 e. The van der Waals surface area contributed by atoms with Gasteiger partial charge in [0.15, 0.2) is 0 Å². The van der Waals surface area contributed by atoms with E-state index in [4.69, 9.17) is 0 Å². The second-order valence-corrected chi connectivity index (χ2v) is 5.02. The van der Waals surface area contributed by atoms with Crippen LogP contribution >= 0.6 is 15.9 Å². The standard InChI is InChI=1S/C12H15BrN2O/c1-15-6-5-14-11(12(15)16)8-9-3-2-4-10(13)7-9/h2-4,7,11,14H,5-6,8H2,1H3. The molecule has 1 aliphatic heterocycles. The first-order chi connectivity index (χ1) is 7.66. The van der Waals surface area contributed by atoms with Crippen LogP contribution in [0.2, 0.25) is 0 Å². The molecule has 1 amide bonds. The monoisotopic (exact) mass is 282 g/mol. The number of rotatable bonds is 2. The molecular formula is C12H15BrN2O. The first-order valence-corrected chi connectivity index (χ1v) is 6.19. The van der Waals surface area contributed by atoms with E-state index in [-0.39, 0.29) is 11.9 Å². The van der Waals surface area contributed by atoms with Crippen LogP contribution in [0.15, 0.2) is 28.7 Å². The van der Waals surface area contributed by atoms with Crippen molar-refractivity contribution in [2.75, 3.05) is 20.1 Å². The van der Waals surface area contributed by atoms with Gasteiger partial charge in [-0.25, -0.2) is 0 Å². The molecule has 1 aromatic rings. The van der Waals surface area contributed by atoms with Gasteiger partial charge in [-0.05, 0) is 24.1 Å². The zero-order valence-electron chi connectivity index (χ0n) is 9.24. The maximum Gasteiger partial charge on any atom is 0.239 e. The van der Waals surface area contributed by atoms with Crippen molar-refractivity contribution >= 4 is 21.8 Å². The van der Waals surface area contributed by atoms with Gasteiger partial charge in [-0.1, -0.05) is 28.1 Å². The molecule has 4 heteroatoms. The van der Waals surface area contributed by atoms with Crippen LogP contribution in [0.25, 0.3) is 0 Å². The molecule has 1 saturated heterocycles. The molecule has 0 aromatic heterocycles. The van der Waals surface area contributed by atoms with Gasteiger partial charge in [-0.3, -0.25) is 4.79 Å². The number of carbonyl (C=O) groups excluding carboxylic acids is 1. The Balaban J connectivity index is 2.06. The van der Waals surface area contributed by atoms with Gasteiger partial charge in [0.2, 0.25) is 5.91 Å². The number of hydrogen-bond acceptors (Lipinski definition) is 2. The van der Waals surface area contributed by atoms with E-state index in [1.807, 2.05) is 25.2 Å². The third-order valence-electron chi connectivity index (χ3n) is 2.84. The van der Waals surface area contributed by atoms with E-state index in [0.717, 1.165) is 24.0 Å². The van der Waals surface area contributed by atoms with Crippen molar-refractivity contribution in [1.82, 2.24) is 10.2 Å². The molecule has 1 fully saturated rings. The van der Waals surface area contributed by atoms with E-state index < -0.39 is 0 Å². The molecule has 1 aliphatic rings. The van der Waals surface area contributed by atoms with Gasteiger partial charge in [-0.2, -0.15) is 0 Å². The summed E-state index contributed by atoms with van der Waals surface area (Å²) < 4.78 is 1.06. The highest BCUT2D eigenvalue weighted by atomic mass is 79.9. The topological polar surface area (TPSA) is 32.3 Å². The molecule has 1 unspecified atom stereocenters. The first kappa shape index (κ1) is 11.6. The van der Waals surface area contributed by atoms with Crippen LogP contribution < -0.4 is 5.32 Å². The van der Waals surface area contributed by atoms with Gasteiger partial charge >= 0.3 is 0 Å². The van der Waals surface area contributed by atoms with Crippen molar-refractivity contribution < 1.29 is 4.79 Å². The van der Waals surface area contributed by atoms with Crippen molar-refractivity contribution in [3.63, 3.8) is 0 Å². The molecule has 3 nitrogen and oxygen atoms in total. The molecule has 16 heavy (non-hydrogen) atoms. The van der Waals surface area contributed by atoms with E-state index in [9.17, 15) is 4.79 Å². The minimum atomic E-state index is -0.0759. The van der Waals surface area contributed by atoms with Crippen molar-refractivity contribution in [3.8, 4) is 0 Å². The van der Waals surface area contributed by atoms with Gasteiger partial charge in [0, 0.05) is 24.6 Å². The number of piperazine rings is 1. The van der Waals surface area contributed by atoms with Gasteiger partial charge in [0.05, 0.1) is 6.04 Å². The summed E-state index contributed by atoms with van der Waals surface area (Å²) in [7, 11) is 1.86. The zero-order chi connectivity index (χ0) is 11.5. The lowest BCUT2D eigenvalue weighted by atomic mass is 10.0. The van der Waals surface area contributed by atoms with Gasteiger partial charge in [0.1, 0.15) is 0 Å². The number of hydrogen-bond donors (Lipinski definition) is 1. The highest BCUT2D eigenvalue weighted by Gasteiger charge is 2.25. The molecule has 0 radical (unpaired) electrons. The third kappa shape index (κ3) is 2.62. The molecule has 1 atom stereocenters. The van der Waals surface area contributed by atoms with Crippen molar-refractivity contribution in [3.05, 3.63) is 34.3 Å². The molecule has 0 bridgehead atoms. The van der Waals surface area contributed by atoms with Crippen LogP contribution in [0.1, 0.15) is 5.56 Å². The average molecular weight is 283 g/mol. The molecule has 0 spiro atoms. The van der Waals surface area contributed by atoms with E-state index in [1.165, 1.54) is 5.56 Å². The Morgan fingerprint density at radius 1 is 1.56 bits per heavy atom. The summed E-state index contributed by atoms with van der Waals surface area (Å²) in [5, 5.41) is 3.26. The molecule has 1 aromatic carbocycles. The molecule has 1 heterocycles. The highest BCUT2D eigenvalue weighted by Crippen LogP contribution is 2.14. The Morgan fingerprint density at radius 3 is 3.12 bits per heavy atom. The van der Waals surface area contributed by atoms with Crippen LogP contribution in [0.4, 0.5) is 0 Å². The second kappa shape index (κ2) is 4.97. The maximum absolute atomic E-state index is 11.9. The number of nitrogens with zero attached hydrogens (tertiary/aromatic N) is 1. The summed E-state index contributed by atoms with van der Waals surface area (Å²) in [5.41, 5.74) is 1.18. The SMILES string of the molecule is CN1CCNC(Cc2cccc(Br)c2)C1=O. The van der Waals surface area contributed by atoms with Gasteiger partial charge in [-0.15, -0.1) is 0 Å². The number of nitrogens with one attached hydrogen (secondary N) is 1. The minimum absolute atomic E-state index is 0.0759. The highest BCUT2D eigenvalue weighted by molar-refractivity contribution is 9.10. The summed E-state index contributed by atoms with van der Waals surface area (Å²) in [5.74, 6) is 0.186. The number of benzene rings is 1. The summed E-state index contributed by atoms with van der Waals surface area (Å²) >= 11 is 3.44. The quantitative estimate of drug-likeness (QED) is 0.890. The zero-order valence-corrected chi connectivity index (χ0v) is 10.8. The van der Waals surface area contributed by atoms with Crippen LogP contribution in [0, 0.1) is 0 Å². The lowest BCUT2D eigenvalue weighted by Crippen LogP contribution is -2.54. The van der Waals surface area contributed by atoms with E-state index in [0.29, 0.717) is 0 Å². The van der Waals surface area contributed by atoms with Crippen LogP contribution in [0.3, 0.4) is 0 Å². The number of amides is 1. The van der Waals surface area contributed by atoms with Crippen LogP contribution in [-0.2, 0) is 11.2 Å². The van der Waals surface area contributed by atoms with Crippen LogP contribution in [0.5, 0.6) is 0 Å². The summed E-state index contributed by atoms with van der Waals surface area (Å²) in [6, 6.07) is 8.02. The van der Waals surface area contributed by atoms with Crippen molar-refractivity contribution in [2.45, 2.75) is 12.5 Å². The third-order valence-corrected chi connectivity index (χ3v) is 3.33. The Labute approximate surface area is 104 Å². The Bertz CT molecular complexity index is 394. The average Bonchev–Trinajstić information content (AvgIpc) is 2.25. The summed E-state index contributed by atoms with van der Waals surface area (Å²) in [6.07, 6.45) is 0.753. The van der Waals surface area contributed by atoms with Crippen molar-refractivity contribution in [2.24, 2.45) is 0 Å². The molecule has 2 rings (SSSR count). The molecule has 0 saturated carbocycles. The number of likely N-dealkylation sites (N-methyl/N-ethyl adjacent to an activating group) is 1. The van der Waals surface area contributed by atoms with Crippen molar-refractivity contribution in [1.29, 1.82) is 0 Å². The fourth-order valence-corrected chi connectivity index (χ4v) is 2.38. The normalized spacial score (nSPS) is 21.2. The predicted octanol–water partition coefficient (Wildman–Crippen LogP) is 1.42. The van der Waals surface area contributed by atoms with E-state index >= 15 is 0 Å². The van der Waals surface area contributed by atoms with Crippen LogP contribution in [-0.4, -0.2) is 37.0 Å². The molecule has 86 valence electrons.